The highest BCUT2D eigenvalue weighted by Gasteiger charge is 2.22. The van der Waals surface area contributed by atoms with Gasteiger partial charge in [-0.15, -0.1) is 0 Å². The Bertz CT molecular complexity index is 853. The quantitative estimate of drug-likeness (QED) is 0.0282. The highest BCUT2D eigenvalue weighted by Crippen LogP contribution is 2.36. The predicted molar refractivity (Wildman–Crippen MR) is 202 cm³/mol. The van der Waals surface area contributed by atoms with Gasteiger partial charge in [0.1, 0.15) is 6.61 Å². The normalized spacial score (nSPS) is 12.7. The fourth-order valence-corrected chi connectivity index (χ4v) is 6.06. The second-order valence-corrected chi connectivity index (χ2v) is 14.9. The summed E-state index contributed by atoms with van der Waals surface area (Å²) in [5.41, 5.74) is 0. The molecule has 0 unspecified atom stereocenters. The van der Waals surface area contributed by atoms with E-state index in [1.165, 1.54) is 116 Å². The summed E-state index contributed by atoms with van der Waals surface area (Å²) in [7, 11) is -4.75. The molecule has 0 bridgehead atoms. The zero-order valence-electron chi connectivity index (χ0n) is 31.6. The van der Waals surface area contributed by atoms with Crippen LogP contribution in [0.3, 0.4) is 0 Å². The second kappa shape index (κ2) is 36.3. The van der Waals surface area contributed by atoms with Gasteiger partial charge in [0.25, 0.3) is 0 Å². The molecule has 0 aromatic carbocycles. The minimum Gasteiger partial charge on any atom is -0.462 e. The van der Waals surface area contributed by atoms with Crippen molar-refractivity contribution in [1.82, 2.24) is 0 Å². The molecule has 49 heavy (non-hydrogen) atoms. The number of phosphoric ester groups is 1. The molecule has 0 aromatic heterocycles. The average Bonchev–Trinajstić information content (AvgIpc) is 3.07. The van der Waals surface area contributed by atoms with E-state index in [9.17, 15) is 14.2 Å². The summed E-state index contributed by atoms with van der Waals surface area (Å²) in [4.78, 5) is 42.8. The van der Waals surface area contributed by atoms with Gasteiger partial charge in [0.15, 0.2) is 6.10 Å². The Balaban J connectivity index is 3.93. The van der Waals surface area contributed by atoms with Crippen LogP contribution in [0, 0.1) is 0 Å². The smallest absolute Gasteiger partial charge is 0.462 e. The molecule has 8 nitrogen and oxygen atoms in total. The van der Waals surface area contributed by atoms with Crippen LogP contribution in [0.4, 0.5) is 0 Å². The van der Waals surface area contributed by atoms with E-state index in [0.717, 1.165) is 51.4 Å². The zero-order valence-corrected chi connectivity index (χ0v) is 32.5. The summed E-state index contributed by atoms with van der Waals surface area (Å²) in [6.45, 7) is 3.66. The number of carbonyl (C=O) groups excluding carboxylic acids is 2. The Kier molecular flexibility index (Phi) is 35.2. The molecule has 0 radical (unpaired) electrons. The lowest BCUT2D eigenvalue weighted by Crippen LogP contribution is -2.29. The number of hydrogen-bond acceptors (Lipinski definition) is 6. The van der Waals surface area contributed by atoms with E-state index in [4.69, 9.17) is 19.3 Å². The monoisotopic (exact) mass is 715 g/mol. The molecule has 1 atom stereocenters. The summed E-state index contributed by atoms with van der Waals surface area (Å²) < 4.78 is 26.3. The fourth-order valence-electron chi connectivity index (χ4n) is 5.70. The Morgan fingerprint density at radius 3 is 1.39 bits per heavy atom. The van der Waals surface area contributed by atoms with Crippen molar-refractivity contribution in [2.45, 2.75) is 206 Å². The van der Waals surface area contributed by atoms with Crippen LogP contribution in [0.5, 0.6) is 0 Å². The molecule has 0 aliphatic rings. The molecule has 0 aromatic rings. The fraction of sp³-hybridized carbons (Fsp3) is 0.850. The Morgan fingerprint density at radius 2 is 0.918 bits per heavy atom. The third-order valence-corrected chi connectivity index (χ3v) is 9.21. The van der Waals surface area contributed by atoms with Crippen LogP contribution in [0.1, 0.15) is 200 Å². The molecule has 0 amide bonds. The molecular weight excluding hydrogens is 639 g/mol. The number of ether oxygens (including phenoxy) is 2. The van der Waals surface area contributed by atoms with Crippen molar-refractivity contribution in [3.63, 3.8) is 0 Å². The van der Waals surface area contributed by atoms with Gasteiger partial charge in [0.05, 0.1) is 6.61 Å². The Labute approximate surface area is 300 Å². The van der Waals surface area contributed by atoms with Crippen LogP contribution in [0.15, 0.2) is 24.3 Å². The standard InChI is InChI=1S/C40H75O8P/c1-3-5-7-9-11-13-15-17-19-20-21-23-25-27-29-31-33-35-40(42)48-38(37-47-49(43,44)45)36-46-39(41)34-32-30-28-26-24-22-18-16-14-12-10-8-6-4-2/h11,13,17,19,38H,3-10,12,14-16,18,20-37H2,1-2H3,(H2,43,44,45)/b13-11+,19-17+/t38-/m1/s1. The number of rotatable bonds is 37. The summed E-state index contributed by atoms with van der Waals surface area (Å²) >= 11 is 0. The van der Waals surface area contributed by atoms with Crippen LogP contribution in [0.25, 0.3) is 0 Å². The van der Waals surface area contributed by atoms with Gasteiger partial charge in [-0.3, -0.25) is 14.1 Å². The zero-order chi connectivity index (χ0) is 36.1. The summed E-state index contributed by atoms with van der Waals surface area (Å²) in [6.07, 6.45) is 40.3. The largest absolute Gasteiger partial charge is 0.469 e. The summed E-state index contributed by atoms with van der Waals surface area (Å²) in [6, 6.07) is 0. The van der Waals surface area contributed by atoms with Gasteiger partial charge in [-0.25, -0.2) is 4.57 Å². The lowest BCUT2D eigenvalue weighted by atomic mass is 10.0. The van der Waals surface area contributed by atoms with E-state index in [1.54, 1.807) is 0 Å². The number of allylic oxidation sites excluding steroid dienone is 4. The van der Waals surface area contributed by atoms with E-state index >= 15 is 0 Å². The SMILES string of the molecule is CCCCC/C=C/C/C=C/CCCCCCCCCC(=O)O[C@H](COC(=O)CCCCCCCCCCCCCCCC)COP(=O)(O)O. The molecular formula is C40H75O8P. The molecule has 0 saturated heterocycles. The molecule has 288 valence electrons. The lowest BCUT2D eigenvalue weighted by Gasteiger charge is -2.18. The third-order valence-electron chi connectivity index (χ3n) is 8.72. The molecule has 0 aliphatic carbocycles. The Morgan fingerprint density at radius 1 is 0.531 bits per heavy atom. The van der Waals surface area contributed by atoms with Crippen molar-refractivity contribution >= 4 is 19.8 Å². The number of unbranched alkanes of at least 4 members (excludes halogenated alkanes) is 23. The third kappa shape index (κ3) is 39.2. The predicted octanol–water partition coefficient (Wildman–Crippen LogP) is 12.0. The number of carbonyl (C=O) groups is 2. The van der Waals surface area contributed by atoms with Crippen LogP contribution in [-0.4, -0.2) is 41.0 Å². The summed E-state index contributed by atoms with van der Waals surface area (Å²) in [5.74, 6) is -0.887. The van der Waals surface area contributed by atoms with Gasteiger partial charge in [-0.05, 0) is 44.9 Å². The van der Waals surface area contributed by atoms with E-state index in [-0.39, 0.29) is 19.4 Å². The molecule has 9 heteroatoms. The minimum absolute atomic E-state index is 0.206. The van der Waals surface area contributed by atoms with E-state index in [1.807, 2.05) is 0 Å². The number of phosphoric acid groups is 1. The molecule has 0 aliphatic heterocycles. The van der Waals surface area contributed by atoms with Crippen molar-refractivity contribution in [1.29, 1.82) is 0 Å². The molecule has 0 saturated carbocycles. The van der Waals surface area contributed by atoms with E-state index < -0.39 is 32.5 Å². The second-order valence-electron chi connectivity index (χ2n) is 13.6. The van der Waals surface area contributed by atoms with E-state index in [0.29, 0.717) is 6.42 Å². The van der Waals surface area contributed by atoms with Crippen LogP contribution in [-0.2, 0) is 28.2 Å². The van der Waals surface area contributed by atoms with Crippen molar-refractivity contribution in [3.05, 3.63) is 24.3 Å². The minimum atomic E-state index is -4.75. The van der Waals surface area contributed by atoms with Gasteiger partial charge in [0, 0.05) is 12.8 Å². The number of esters is 2. The molecule has 0 fully saturated rings. The van der Waals surface area contributed by atoms with Crippen molar-refractivity contribution in [2.24, 2.45) is 0 Å². The molecule has 0 rings (SSSR count). The van der Waals surface area contributed by atoms with Gasteiger partial charge in [-0.1, -0.05) is 167 Å². The molecule has 0 heterocycles. The van der Waals surface area contributed by atoms with Crippen LogP contribution < -0.4 is 0 Å². The lowest BCUT2D eigenvalue weighted by molar-refractivity contribution is -0.161. The van der Waals surface area contributed by atoms with Crippen molar-refractivity contribution in [3.8, 4) is 0 Å². The maximum atomic E-state index is 12.4. The van der Waals surface area contributed by atoms with Crippen molar-refractivity contribution < 1.29 is 37.9 Å². The van der Waals surface area contributed by atoms with Gasteiger partial charge >= 0.3 is 19.8 Å². The van der Waals surface area contributed by atoms with Crippen molar-refractivity contribution in [2.75, 3.05) is 13.2 Å². The number of hydrogen-bond donors (Lipinski definition) is 2. The summed E-state index contributed by atoms with van der Waals surface area (Å²) in [5, 5.41) is 0. The highest BCUT2D eigenvalue weighted by atomic mass is 31.2. The Hall–Kier alpha value is -1.47. The molecule has 2 N–H and O–H groups in total. The van der Waals surface area contributed by atoms with Crippen LogP contribution >= 0.6 is 7.82 Å². The highest BCUT2D eigenvalue weighted by molar-refractivity contribution is 7.46. The first-order valence-electron chi connectivity index (χ1n) is 20.1. The topological polar surface area (TPSA) is 119 Å². The molecule has 0 spiro atoms. The van der Waals surface area contributed by atoms with Crippen LogP contribution in [0.2, 0.25) is 0 Å². The first kappa shape index (κ1) is 47.5. The van der Waals surface area contributed by atoms with Gasteiger partial charge in [0.2, 0.25) is 0 Å². The maximum Gasteiger partial charge on any atom is 0.469 e. The first-order chi connectivity index (χ1) is 23.8. The van der Waals surface area contributed by atoms with Gasteiger partial charge in [-0.2, -0.15) is 0 Å². The van der Waals surface area contributed by atoms with Gasteiger partial charge < -0.3 is 19.3 Å². The van der Waals surface area contributed by atoms with E-state index in [2.05, 4.69) is 42.7 Å². The maximum absolute atomic E-state index is 12.4. The average molecular weight is 715 g/mol. The first-order valence-corrected chi connectivity index (χ1v) is 21.7.